The third kappa shape index (κ3) is 4.71. The van der Waals surface area contributed by atoms with Crippen LogP contribution in [0.2, 0.25) is 0 Å². The molecule has 4 heteroatoms. The second kappa shape index (κ2) is 7.13. The van der Waals surface area contributed by atoms with Gasteiger partial charge >= 0.3 is 11.9 Å². The maximum atomic E-state index is 10.9. The van der Waals surface area contributed by atoms with Gasteiger partial charge in [0, 0.05) is 12.0 Å². The van der Waals surface area contributed by atoms with Crippen molar-refractivity contribution >= 4 is 11.9 Å². The monoisotopic (exact) mass is 246 g/mol. The van der Waals surface area contributed by atoms with Crippen LogP contribution in [0.1, 0.15) is 24.0 Å². The molecule has 1 aromatic rings. The number of benzene rings is 1. The minimum atomic E-state index is -0.840. The van der Waals surface area contributed by atoms with Crippen molar-refractivity contribution in [2.75, 3.05) is 7.11 Å². The molecule has 0 aliphatic rings. The van der Waals surface area contributed by atoms with Gasteiger partial charge in [0.15, 0.2) is 0 Å². The second-order valence-electron chi connectivity index (χ2n) is 3.61. The fraction of sp³-hybridized carbons (Fsp3) is 0.286. The SMILES string of the molecule is COC(=O)CC#Cc1ccccc1CCC(=O)O. The van der Waals surface area contributed by atoms with Crippen LogP contribution in [0.25, 0.3) is 0 Å². The first-order valence-electron chi connectivity index (χ1n) is 5.49. The Labute approximate surface area is 106 Å². The molecule has 0 saturated heterocycles. The summed E-state index contributed by atoms with van der Waals surface area (Å²) in [5.74, 6) is 4.34. The summed E-state index contributed by atoms with van der Waals surface area (Å²) in [6.07, 6.45) is 0.526. The number of methoxy groups -OCH3 is 1. The number of ether oxygens (including phenoxy) is 1. The van der Waals surface area contributed by atoms with Crippen molar-refractivity contribution in [3.8, 4) is 11.8 Å². The number of carboxylic acid groups (broad SMARTS) is 1. The number of esters is 1. The molecular weight excluding hydrogens is 232 g/mol. The number of carbonyl (C=O) groups is 2. The molecule has 4 nitrogen and oxygen atoms in total. The first-order chi connectivity index (χ1) is 8.63. The zero-order chi connectivity index (χ0) is 13.4. The van der Waals surface area contributed by atoms with Gasteiger partial charge < -0.3 is 9.84 Å². The zero-order valence-corrected chi connectivity index (χ0v) is 10.1. The Bertz CT molecular complexity index is 494. The summed E-state index contributed by atoms with van der Waals surface area (Å²) in [6, 6.07) is 7.31. The summed E-state index contributed by atoms with van der Waals surface area (Å²) in [6.45, 7) is 0. The van der Waals surface area contributed by atoms with Crippen LogP contribution < -0.4 is 0 Å². The molecule has 1 aromatic carbocycles. The molecule has 0 heterocycles. The molecular formula is C14H14O4. The summed E-state index contributed by atoms with van der Waals surface area (Å²) in [5.41, 5.74) is 1.62. The van der Waals surface area contributed by atoms with Crippen molar-refractivity contribution < 1.29 is 19.4 Å². The van der Waals surface area contributed by atoms with Crippen molar-refractivity contribution in [3.63, 3.8) is 0 Å². The van der Waals surface area contributed by atoms with Crippen LogP contribution in [0, 0.1) is 11.8 Å². The van der Waals surface area contributed by atoms with Crippen molar-refractivity contribution in [2.45, 2.75) is 19.3 Å². The van der Waals surface area contributed by atoms with Gasteiger partial charge in [0.05, 0.1) is 7.11 Å². The highest BCUT2D eigenvalue weighted by atomic mass is 16.5. The lowest BCUT2D eigenvalue weighted by Gasteiger charge is -2.01. The molecule has 1 rings (SSSR count). The lowest BCUT2D eigenvalue weighted by Crippen LogP contribution is -1.99. The molecule has 0 aliphatic heterocycles. The van der Waals surface area contributed by atoms with E-state index in [2.05, 4.69) is 16.6 Å². The number of aliphatic carboxylic acids is 1. The van der Waals surface area contributed by atoms with Crippen LogP contribution in [0.4, 0.5) is 0 Å². The Hall–Kier alpha value is -2.28. The van der Waals surface area contributed by atoms with Crippen molar-refractivity contribution in [1.29, 1.82) is 0 Å². The predicted molar refractivity (Wildman–Crippen MR) is 65.9 cm³/mol. The molecule has 0 radical (unpaired) electrons. The number of rotatable bonds is 4. The molecule has 0 bridgehead atoms. The van der Waals surface area contributed by atoms with E-state index >= 15 is 0 Å². The quantitative estimate of drug-likeness (QED) is 0.647. The predicted octanol–water partition coefficient (Wildman–Crippen LogP) is 1.62. The largest absolute Gasteiger partial charge is 0.481 e. The maximum absolute atomic E-state index is 10.9. The maximum Gasteiger partial charge on any atom is 0.317 e. The zero-order valence-electron chi connectivity index (χ0n) is 10.1. The van der Waals surface area contributed by atoms with Gasteiger partial charge in [-0.15, -0.1) is 0 Å². The number of aryl methyl sites for hydroxylation is 1. The van der Waals surface area contributed by atoms with E-state index in [0.29, 0.717) is 6.42 Å². The fourth-order valence-corrected chi connectivity index (χ4v) is 1.39. The Morgan fingerprint density at radius 1 is 1.33 bits per heavy atom. The van der Waals surface area contributed by atoms with Crippen LogP contribution in [0.3, 0.4) is 0 Å². The lowest BCUT2D eigenvalue weighted by atomic mass is 10.0. The molecule has 1 N–H and O–H groups in total. The molecule has 0 spiro atoms. The van der Waals surface area contributed by atoms with Gasteiger partial charge in [-0.05, 0) is 18.1 Å². The molecule has 0 fully saturated rings. The third-order valence-corrected chi connectivity index (χ3v) is 2.31. The van der Waals surface area contributed by atoms with Gasteiger partial charge in [0.2, 0.25) is 0 Å². The number of carbonyl (C=O) groups excluding carboxylic acids is 1. The lowest BCUT2D eigenvalue weighted by molar-refractivity contribution is -0.139. The molecule has 94 valence electrons. The average molecular weight is 246 g/mol. The van der Waals surface area contributed by atoms with Crippen LogP contribution in [0.15, 0.2) is 24.3 Å². The van der Waals surface area contributed by atoms with E-state index in [1.54, 1.807) is 0 Å². The Balaban J connectivity index is 2.75. The molecule has 0 unspecified atom stereocenters. The molecule has 0 amide bonds. The summed E-state index contributed by atoms with van der Waals surface area (Å²) < 4.78 is 4.48. The number of carboxylic acids is 1. The molecule has 18 heavy (non-hydrogen) atoms. The summed E-state index contributed by atoms with van der Waals surface area (Å²) in [5, 5.41) is 8.65. The number of hydrogen-bond donors (Lipinski definition) is 1. The minimum absolute atomic E-state index is 0.0315. The van der Waals surface area contributed by atoms with Gasteiger partial charge in [-0.2, -0.15) is 0 Å². The summed E-state index contributed by atoms with van der Waals surface area (Å²) in [7, 11) is 1.31. The summed E-state index contributed by atoms with van der Waals surface area (Å²) in [4.78, 5) is 21.4. The van der Waals surface area contributed by atoms with E-state index in [-0.39, 0.29) is 18.8 Å². The minimum Gasteiger partial charge on any atom is -0.481 e. The van der Waals surface area contributed by atoms with E-state index in [9.17, 15) is 9.59 Å². The Kier molecular flexibility index (Phi) is 5.46. The average Bonchev–Trinajstić information content (AvgIpc) is 2.37. The first kappa shape index (κ1) is 13.8. The normalized spacial score (nSPS) is 9.17. The van der Waals surface area contributed by atoms with E-state index in [1.165, 1.54) is 7.11 Å². The smallest absolute Gasteiger partial charge is 0.317 e. The molecule has 0 aliphatic carbocycles. The highest BCUT2D eigenvalue weighted by Gasteiger charge is 2.02. The van der Waals surface area contributed by atoms with Gasteiger partial charge in [0.1, 0.15) is 6.42 Å². The number of hydrogen-bond acceptors (Lipinski definition) is 3. The van der Waals surface area contributed by atoms with Crippen molar-refractivity contribution in [2.24, 2.45) is 0 Å². The molecule has 0 aromatic heterocycles. The molecule has 0 saturated carbocycles. The highest BCUT2D eigenvalue weighted by Crippen LogP contribution is 2.10. The topological polar surface area (TPSA) is 63.6 Å². The standard InChI is InChI=1S/C14H14O4/c1-18-14(17)8-4-7-11-5-2-3-6-12(11)9-10-13(15)16/h2-3,5-6H,8-10H2,1H3,(H,15,16). The van der Waals surface area contributed by atoms with Crippen molar-refractivity contribution in [1.82, 2.24) is 0 Å². The third-order valence-electron chi connectivity index (χ3n) is 2.31. The van der Waals surface area contributed by atoms with Gasteiger partial charge in [0.25, 0.3) is 0 Å². The van der Waals surface area contributed by atoms with E-state index in [4.69, 9.17) is 5.11 Å². The van der Waals surface area contributed by atoms with E-state index in [0.717, 1.165) is 11.1 Å². The van der Waals surface area contributed by atoms with Crippen LogP contribution in [-0.4, -0.2) is 24.2 Å². The van der Waals surface area contributed by atoms with Crippen LogP contribution in [0.5, 0.6) is 0 Å². The van der Waals surface area contributed by atoms with Crippen LogP contribution in [-0.2, 0) is 20.7 Å². The second-order valence-corrected chi connectivity index (χ2v) is 3.61. The first-order valence-corrected chi connectivity index (χ1v) is 5.49. The summed E-state index contributed by atoms with van der Waals surface area (Å²) >= 11 is 0. The van der Waals surface area contributed by atoms with Gasteiger partial charge in [-0.3, -0.25) is 9.59 Å². The van der Waals surface area contributed by atoms with Crippen LogP contribution >= 0.6 is 0 Å². The molecule has 0 atom stereocenters. The van der Waals surface area contributed by atoms with Crippen molar-refractivity contribution in [3.05, 3.63) is 35.4 Å². The van der Waals surface area contributed by atoms with E-state index < -0.39 is 5.97 Å². The highest BCUT2D eigenvalue weighted by molar-refractivity contribution is 5.72. The van der Waals surface area contributed by atoms with E-state index in [1.807, 2.05) is 24.3 Å². The Morgan fingerprint density at radius 2 is 2.06 bits per heavy atom. The van der Waals surface area contributed by atoms with Gasteiger partial charge in [-0.25, -0.2) is 0 Å². The Morgan fingerprint density at radius 3 is 2.72 bits per heavy atom. The van der Waals surface area contributed by atoms with Gasteiger partial charge in [-0.1, -0.05) is 30.0 Å². The fourth-order valence-electron chi connectivity index (χ4n) is 1.39.